The Morgan fingerprint density at radius 1 is 0.521 bits per heavy atom. The smallest absolute Gasteiger partial charge is 0.0622 e. The molecular formula is C67H60N4OPt. The van der Waals surface area contributed by atoms with E-state index in [1.54, 1.807) is 12.3 Å². The number of aromatic nitrogens is 4. The van der Waals surface area contributed by atoms with E-state index in [2.05, 4.69) is 221 Å². The molecule has 0 atom stereocenters. The molecule has 0 aliphatic heterocycles. The molecule has 0 spiro atoms. The summed E-state index contributed by atoms with van der Waals surface area (Å²) < 4.78 is 41.1. The Kier molecular flexibility index (Phi) is 10.5. The van der Waals surface area contributed by atoms with Crippen LogP contribution in [0.2, 0.25) is 0 Å². The molecule has 11 aromatic rings. The number of benzene rings is 8. The second-order valence-electron chi connectivity index (χ2n) is 22.1. The Balaban J connectivity index is 1.02. The molecule has 6 heteroatoms. The molecule has 1 aliphatic carbocycles. The first-order valence-electron chi connectivity index (χ1n) is 26.8. The number of nitrogens with zero attached hydrogens (tertiary/aromatic N) is 4. The van der Waals surface area contributed by atoms with Gasteiger partial charge in [0.05, 0.1) is 0 Å². The average molecular weight is 1140 g/mol. The number of pyridine rings is 1. The van der Waals surface area contributed by atoms with Gasteiger partial charge < -0.3 is 0 Å². The van der Waals surface area contributed by atoms with Crippen LogP contribution in [0.5, 0.6) is 11.5 Å². The summed E-state index contributed by atoms with van der Waals surface area (Å²) >= 11 is 2.51. The molecule has 0 saturated heterocycles. The molecule has 12 rings (SSSR count). The number of fused-ring (bicyclic) bond motifs is 5. The Bertz CT molecular complexity index is 4060. The molecule has 0 N–H and O–H groups in total. The first kappa shape index (κ1) is 43.3. The number of imidazole rings is 1. The van der Waals surface area contributed by atoms with Crippen molar-refractivity contribution in [2.24, 2.45) is 0 Å². The maximum absolute atomic E-state index is 8.76. The molecular weight excluding hydrogens is 1070 g/mol. The molecule has 3 heterocycles. The summed E-state index contributed by atoms with van der Waals surface area (Å²) in [6.07, 6.45) is 3.88. The molecule has 5 nitrogen and oxygen atoms in total. The molecule has 73 heavy (non-hydrogen) atoms. The van der Waals surface area contributed by atoms with Crippen LogP contribution in [-0.2, 0) is 35.6 Å². The topological polar surface area (TPSA) is 36.9 Å². The van der Waals surface area contributed by atoms with E-state index in [9.17, 15) is 0 Å². The van der Waals surface area contributed by atoms with Gasteiger partial charge >= 0.3 is 320 Å². The van der Waals surface area contributed by atoms with Gasteiger partial charge in [0.15, 0.2) is 0 Å². The number of hydrogen-bond donors (Lipinski definition) is 0. The van der Waals surface area contributed by atoms with Gasteiger partial charge in [-0.05, 0) is 52.8 Å². The van der Waals surface area contributed by atoms with Gasteiger partial charge in [0, 0.05) is 15.9 Å². The second kappa shape index (κ2) is 17.7. The van der Waals surface area contributed by atoms with Gasteiger partial charge in [-0.15, -0.1) is 0 Å². The predicted octanol–water partition coefficient (Wildman–Crippen LogP) is 17.7. The van der Waals surface area contributed by atoms with Crippen LogP contribution in [0.15, 0.2) is 194 Å². The molecule has 0 unspecified atom stereocenters. The monoisotopic (exact) mass is 1130 g/mol. The number of ether oxygens (including phenoxy) is 1. The van der Waals surface area contributed by atoms with Crippen molar-refractivity contribution in [1.29, 1.82) is 0 Å². The van der Waals surface area contributed by atoms with E-state index in [1.165, 1.54) is 16.7 Å². The summed E-state index contributed by atoms with van der Waals surface area (Å²) in [5, 5.41) is 2.14. The molecule has 0 fully saturated rings. The third-order valence-electron chi connectivity index (χ3n) is 15.3. The molecule has 0 radical (unpaired) electrons. The van der Waals surface area contributed by atoms with Gasteiger partial charge in [0.2, 0.25) is 0 Å². The van der Waals surface area contributed by atoms with Crippen LogP contribution >= 0.6 is 0 Å². The zero-order valence-electron chi connectivity index (χ0n) is 45.4. The fourth-order valence-corrected chi connectivity index (χ4v) is 12.3. The van der Waals surface area contributed by atoms with E-state index in [-0.39, 0.29) is 21.8 Å². The van der Waals surface area contributed by atoms with Gasteiger partial charge in [-0.1, -0.05) is 58.0 Å². The van der Waals surface area contributed by atoms with Crippen molar-refractivity contribution in [3.8, 4) is 62.1 Å². The third kappa shape index (κ3) is 8.14. The molecule has 364 valence electrons. The molecule has 3 aromatic heterocycles. The maximum atomic E-state index is 8.76. The quantitative estimate of drug-likeness (QED) is 0.152. The normalized spacial score (nSPS) is 15.0. The van der Waals surface area contributed by atoms with Crippen molar-refractivity contribution in [2.75, 3.05) is 0 Å². The fraction of sp³-hybridized carbons (Fsp3) is 0.194. The van der Waals surface area contributed by atoms with Crippen LogP contribution in [0, 0.1) is 10.7 Å². The Morgan fingerprint density at radius 3 is 1.67 bits per heavy atom. The van der Waals surface area contributed by atoms with Crippen LogP contribution in [0.1, 0.15) is 87.7 Å². The second-order valence-corrected chi connectivity index (χ2v) is 23.1. The fourth-order valence-electron chi connectivity index (χ4n) is 11.2. The molecule has 0 saturated carbocycles. The van der Waals surface area contributed by atoms with Crippen LogP contribution in [0.3, 0.4) is 0 Å². The first-order valence-corrected chi connectivity index (χ1v) is 26.4. The summed E-state index contributed by atoms with van der Waals surface area (Å²) in [7, 11) is 0. The van der Waals surface area contributed by atoms with Crippen molar-refractivity contribution >= 4 is 32.8 Å². The zero-order valence-corrected chi connectivity index (χ0v) is 44.7. The van der Waals surface area contributed by atoms with Crippen LogP contribution < -0.4 is 4.74 Å². The van der Waals surface area contributed by atoms with E-state index in [1.807, 2.05) is 42.5 Å². The summed E-state index contributed by atoms with van der Waals surface area (Å²) in [5.41, 5.74) is 16.1. The van der Waals surface area contributed by atoms with E-state index in [0.717, 1.165) is 88.7 Å². The van der Waals surface area contributed by atoms with Crippen molar-refractivity contribution < 1.29 is 28.2 Å². The van der Waals surface area contributed by atoms with Gasteiger partial charge in [-0.25, -0.2) is 0 Å². The number of hydrogen-bond acceptors (Lipinski definition) is 2. The number of para-hydroxylation sites is 2. The predicted molar refractivity (Wildman–Crippen MR) is 300 cm³/mol. The first-order chi connectivity index (χ1) is 36.4. The minimum atomic E-state index is -2.39. The number of aryl methyl sites for hydroxylation is 1. The van der Waals surface area contributed by atoms with Gasteiger partial charge in [0.25, 0.3) is 0 Å². The van der Waals surface area contributed by atoms with Crippen molar-refractivity contribution in [2.45, 2.75) is 84.4 Å². The molecule has 0 bridgehead atoms. The summed E-state index contributed by atoms with van der Waals surface area (Å²) in [6.45, 7) is 13.8. The Hall–Kier alpha value is -7.33. The van der Waals surface area contributed by atoms with Gasteiger partial charge in [-0.3, -0.25) is 0 Å². The Labute approximate surface area is 444 Å². The van der Waals surface area contributed by atoms with E-state index in [0.29, 0.717) is 22.9 Å². The molecule has 0 amide bonds. The van der Waals surface area contributed by atoms with E-state index in [4.69, 9.17) is 13.8 Å². The average Bonchev–Trinajstić information content (AvgIpc) is 3.89. The summed E-state index contributed by atoms with van der Waals surface area (Å²) in [6, 6.07) is 65.7. The third-order valence-corrected chi connectivity index (χ3v) is 16.3. The van der Waals surface area contributed by atoms with Crippen molar-refractivity contribution in [3.05, 3.63) is 220 Å². The van der Waals surface area contributed by atoms with E-state index >= 15 is 0 Å². The summed E-state index contributed by atoms with van der Waals surface area (Å²) in [4.78, 5) is 5.09. The number of rotatable bonds is 8. The zero-order chi connectivity index (χ0) is 52.9. The summed E-state index contributed by atoms with van der Waals surface area (Å²) in [5.74, 6) is 1.87. The minimum Gasteiger partial charge on any atom is -0.0622 e. The van der Waals surface area contributed by atoms with Crippen LogP contribution in [0.4, 0.5) is 0 Å². The Morgan fingerprint density at radius 2 is 1.07 bits per heavy atom. The van der Waals surface area contributed by atoms with Crippen LogP contribution in [-0.4, -0.2) is 18.7 Å². The molecule has 8 aromatic carbocycles. The SMILES string of the molecule is [2H]C([2H])([2H])c1cc(-n2c3cc(Oc4cccc(-n5[c](=[Pt])n(-c6c(-c7ccccc7)cc(C(C)(C)C)cc6-c6ccccc6)c6ccccc65)c4)ccc3c3cc4c(cc32)C(C)(C)CCC4(C)C)ncc1-c1ccccc1. The van der Waals surface area contributed by atoms with Crippen molar-refractivity contribution in [3.63, 3.8) is 0 Å². The van der Waals surface area contributed by atoms with Crippen LogP contribution in [0.25, 0.3) is 83.4 Å². The van der Waals surface area contributed by atoms with E-state index < -0.39 is 6.85 Å². The standard InChI is InChI=1S/C67H60N4O.Pt/c1-44-35-63(68-42-56(44)47-25-16-11-17-26-47)71-61-39-51(31-32-52(61)55-40-57-58(41-62(55)71)67(7,8)34-33-66(57,5)6)72-50-28-20-27-49(38-50)69-43-70(60-30-19-18-29-59(60)69)64-53(45-21-12-9-13-22-45)36-48(65(2,3)4)37-54(64)46-23-14-10-15-24-46;/h9-32,35-42H,33-34H2,1-8H3;/i1D3;. The molecule has 1 aliphatic rings. The minimum absolute atomic E-state index is 0.0149. The van der Waals surface area contributed by atoms with Crippen molar-refractivity contribution in [1.82, 2.24) is 18.7 Å². The van der Waals surface area contributed by atoms with Gasteiger partial charge in [0.1, 0.15) is 0 Å². The van der Waals surface area contributed by atoms with Gasteiger partial charge in [-0.2, -0.15) is 0 Å².